The summed E-state index contributed by atoms with van der Waals surface area (Å²) in [6, 6.07) is 14.3. The zero-order valence-electron chi connectivity index (χ0n) is 15.3. The molecule has 2 aromatic carbocycles. The van der Waals surface area contributed by atoms with E-state index >= 15 is 0 Å². The number of pyridine rings is 1. The standard InChI is InChI=1S/C21H18ClFN2O3/c1-13-3-9-17(20(26)24-12-14-4-7-16(28-2)8-5-14)21(27)25(13)15-6-10-19(23)18(22)11-15/h3-11H,12H2,1-2H3,(H,24,26). The second kappa shape index (κ2) is 8.27. The van der Waals surface area contributed by atoms with Crippen molar-refractivity contribution < 1.29 is 13.9 Å². The Kier molecular flexibility index (Phi) is 5.80. The van der Waals surface area contributed by atoms with Crippen molar-refractivity contribution in [1.29, 1.82) is 0 Å². The molecule has 0 aliphatic rings. The fraction of sp³-hybridized carbons (Fsp3) is 0.143. The van der Waals surface area contributed by atoms with Crippen LogP contribution in [0.3, 0.4) is 0 Å². The van der Waals surface area contributed by atoms with Crippen molar-refractivity contribution >= 4 is 17.5 Å². The summed E-state index contributed by atoms with van der Waals surface area (Å²) in [5.74, 6) is -0.359. The number of methoxy groups -OCH3 is 1. The van der Waals surface area contributed by atoms with E-state index in [1.165, 1.54) is 28.8 Å². The van der Waals surface area contributed by atoms with Gasteiger partial charge in [0.25, 0.3) is 11.5 Å². The van der Waals surface area contributed by atoms with Crippen LogP contribution in [0.4, 0.5) is 4.39 Å². The number of nitrogens with one attached hydrogen (secondary N) is 1. The number of benzene rings is 2. The lowest BCUT2D eigenvalue weighted by atomic mass is 10.2. The summed E-state index contributed by atoms with van der Waals surface area (Å²) in [5.41, 5.74) is 1.33. The molecule has 7 heteroatoms. The Morgan fingerprint density at radius 2 is 1.86 bits per heavy atom. The first-order valence-corrected chi connectivity index (χ1v) is 8.87. The predicted molar refractivity (Wildman–Crippen MR) is 106 cm³/mol. The third-order valence-corrected chi connectivity index (χ3v) is 4.59. The van der Waals surface area contributed by atoms with E-state index in [0.29, 0.717) is 11.4 Å². The number of hydrogen-bond acceptors (Lipinski definition) is 3. The molecular weight excluding hydrogens is 383 g/mol. The van der Waals surface area contributed by atoms with E-state index in [2.05, 4.69) is 5.32 Å². The number of carbonyl (C=O) groups is 1. The number of halogens is 2. The van der Waals surface area contributed by atoms with Crippen LogP contribution in [0.25, 0.3) is 5.69 Å². The Hall–Kier alpha value is -3.12. The maximum absolute atomic E-state index is 13.4. The van der Waals surface area contributed by atoms with Crippen LogP contribution >= 0.6 is 11.6 Å². The molecule has 0 aliphatic heterocycles. The first kappa shape index (κ1) is 19.6. The lowest BCUT2D eigenvalue weighted by Gasteiger charge is -2.13. The minimum atomic E-state index is -0.579. The second-order valence-corrected chi connectivity index (χ2v) is 6.57. The highest BCUT2D eigenvalue weighted by molar-refractivity contribution is 6.30. The van der Waals surface area contributed by atoms with Crippen molar-refractivity contribution in [1.82, 2.24) is 9.88 Å². The minimum Gasteiger partial charge on any atom is -0.497 e. The maximum Gasteiger partial charge on any atom is 0.268 e. The van der Waals surface area contributed by atoms with Gasteiger partial charge < -0.3 is 10.1 Å². The third kappa shape index (κ3) is 4.07. The third-order valence-electron chi connectivity index (χ3n) is 4.30. The molecule has 1 N–H and O–H groups in total. The van der Waals surface area contributed by atoms with E-state index in [4.69, 9.17) is 16.3 Å². The van der Waals surface area contributed by atoms with Crippen LogP contribution in [-0.4, -0.2) is 17.6 Å². The van der Waals surface area contributed by atoms with Gasteiger partial charge in [0.05, 0.1) is 17.8 Å². The van der Waals surface area contributed by atoms with E-state index in [0.717, 1.165) is 11.3 Å². The molecule has 0 fully saturated rings. The molecule has 28 heavy (non-hydrogen) atoms. The molecule has 0 atom stereocenters. The van der Waals surface area contributed by atoms with E-state index in [9.17, 15) is 14.0 Å². The second-order valence-electron chi connectivity index (χ2n) is 6.16. The average molecular weight is 401 g/mol. The van der Waals surface area contributed by atoms with Crippen LogP contribution in [0, 0.1) is 12.7 Å². The lowest BCUT2D eigenvalue weighted by Crippen LogP contribution is -2.33. The molecule has 0 unspecified atom stereocenters. The molecule has 144 valence electrons. The molecule has 0 aliphatic carbocycles. The van der Waals surface area contributed by atoms with Gasteiger partial charge in [-0.3, -0.25) is 14.2 Å². The molecule has 1 heterocycles. The normalized spacial score (nSPS) is 10.6. The van der Waals surface area contributed by atoms with Gasteiger partial charge in [0, 0.05) is 12.2 Å². The largest absolute Gasteiger partial charge is 0.497 e. The van der Waals surface area contributed by atoms with E-state index in [1.807, 2.05) is 12.1 Å². The lowest BCUT2D eigenvalue weighted by molar-refractivity contribution is 0.0949. The van der Waals surface area contributed by atoms with E-state index < -0.39 is 17.3 Å². The van der Waals surface area contributed by atoms with Crippen molar-refractivity contribution in [2.45, 2.75) is 13.5 Å². The number of aromatic nitrogens is 1. The summed E-state index contributed by atoms with van der Waals surface area (Å²) in [7, 11) is 1.58. The summed E-state index contributed by atoms with van der Waals surface area (Å²) < 4.78 is 19.9. The molecule has 0 spiro atoms. The van der Waals surface area contributed by atoms with Crippen LogP contribution in [0.1, 0.15) is 21.6 Å². The first-order chi connectivity index (χ1) is 13.4. The van der Waals surface area contributed by atoms with Gasteiger partial charge in [-0.15, -0.1) is 0 Å². The van der Waals surface area contributed by atoms with Gasteiger partial charge in [-0.05, 0) is 55.0 Å². The summed E-state index contributed by atoms with van der Waals surface area (Å²) >= 11 is 5.83. The minimum absolute atomic E-state index is 0.0143. The van der Waals surface area contributed by atoms with Gasteiger partial charge in [0.15, 0.2) is 0 Å². The number of carbonyl (C=O) groups excluding carboxylic acids is 1. The molecule has 3 rings (SSSR count). The number of ether oxygens (including phenoxy) is 1. The first-order valence-electron chi connectivity index (χ1n) is 8.50. The highest BCUT2D eigenvalue weighted by Gasteiger charge is 2.15. The van der Waals surface area contributed by atoms with E-state index in [1.54, 1.807) is 32.2 Å². The maximum atomic E-state index is 13.4. The monoisotopic (exact) mass is 400 g/mol. The van der Waals surface area contributed by atoms with Crippen molar-refractivity contribution in [3.8, 4) is 11.4 Å². The molecule has 3 aromatic rings. The molecular formula is C21H18ClFN2O3. The quantitative estimate of drug-likeness (QED) is 0.707. The SMILES string of the molecule is COc1ccc(CNC(=O)c2ccc(C)n(-c3ccc(F)c(Cl)c3)c2=O)cc1. The zero-order valence-corrected chi connectivity index (χ0v) is 16.1. The number of rotatable bonds is 5. The van der Waals surface area contributed by atoms with Crippen molar-refractivity contribution in [3.05, 3.63) is 92.6 Å². The smallest absolute Gasteiger partial charge is 0.268 e. The zero-order chi connectivity index (χ0) is 20.3. The van der Waals surface area contributed by atoms with Crippen LogP contribution < -0.4 is 15.6 Å². The highest BCUT2D eigenvalue weighted by atomic mass is 35.5. The summed E-state index contributed by atoms with van der Waals surface area (Å²) in [6.45, 7) is 1.98. The molecule has 1 aromatic heterocycles. The molecule has 0 bridgehead atoms. The average Bonchev–Trinajstić information content (AvgIpc) is 2.69. The molecule has 1 amide bonds. The summed E-state index contributed by atoms with van der Waals surface area (Å²) in [5, 5.41) is 2.63. The Balaban J connectivity index is 1.86. The van der Waals surface area contributed by atoms with Crippen molar-refractivity contribution in [2.24, 2.45) is 0 Å². The van der Waals surface area contributed by atoms with Crippen molar-refractivity contribution in [3.63, 3.8) is 0 Å². The van der Waals surface area contributed by atoms with Gasteiger partial charge >= 0.3 is 0 Å². The summed E-state index contributed by atoms with van der Waals surface area (Å²) in [6.07, 6.45) is 0. The van der Waals surface area contributed by atoms with Crippen LogP contribution in [0.2, 0.25) is 5.02 Å². The molecule has 5 nitrogen and oxygen atoms in total. The van der Waals surface area contributed by atoms with Crippen molar-refractivity contribution in [2.75, 3.05) is 7.11 Å². The van der Waals surface area contributed by atoms with Gasteiger partial charge in [-0.1, -0.05) is 23.7 Å². The molecule has 0 saturated carbocycles. The number of aryl methyl sites for hydroxylation is 1. The Morgan fingerprint density at radius 1 is 1.14 bits per heavy atom. The highest BCUT2D eigenvalue weighted by Crippen LogP contribution is 2.19. The Labute approximate surface area is 166 Å². The van der Waals surface area contributed by atoms with Crippen LogP contribution in [0.5, 0.6) is 5.75 Å². The van der Waals surface area contributed by atoms with Gasteiger partial charge in [-0.2, -0.15) is 0 Å². The Morgan fingerprint density at radius 3 is 2.50 bits per heavy atom. The predicted octanol–water partition coefficient (Wildman–Crippen LogP) is 3.88. The van der Waals surface area contributed by atoms with E-state index in [-0.39, 0.29) is 17.1 Å². The van der Waals surface area contributed by atoms with Gasteiger partial charge in [0.1, 0.15) is 17.1 Å². The number of nitrogens with zero attached hydrogens (tertiary/aromatic N) is 1. The molecule has 0 radical (unpaired) electrons. The topological polar surface area (TPSA) is 60.3 Å². The fourth-order valence-electron chi connectivity index (χ4n) is 2.77. The number of amides is 1. The number of hydrogen-bond donors (Lipinski definition) is 1. The van der Waals surface area contributed by atoms with Crippen LogP contribution in [-0.2, 0) is 6.54 Å². The Bertz CT molecular complexity index is 1080. The summed E-state index contributed by atoms with van der Waals surface area (Å²) in [4.78, 5) is 25.4. The van der Waals surface area contributed by atoms with Crippen LogP contribution in [0.15, 0.2) is 59.4 Å². The molecule has 0 saturated heterocycles. The van der Waals surface area contributed by atoms with Gasteiger partial charge in [-0.25, -0.2) is 4.39 Å². The van der Waals surface area contributed by atoms with Gasteiger partial charge in [0.2, 0.25) is 0 Å². The fourth-order valence-corrected chi connectivity index (χ4v) is 2.94.